The fraction of sp³-hybridized carbons (Fsp3) is 0.273. The van der Waals surface area contributed by atoms with Gasteiger partial charge in [-0.1, -0.05) is 23.8 Å². The topological polar surface area (TPSA) is 46.2 Å². The lowest BCUT2D eigenvalue weighted by molar-refractivity contribution is 0.557. The second-order valence-corrected chi connectivity index (χ2v) is 5.50. The molecule has 0 heterocycles. The number of rotatable bonds is 5. The molecule has 0 radical (unpaired) electrons. The van der Waals surface area contributed by atoms with Crippen molar-refractivity contribution in [1.29, 1.82) is 0 Å². The molecule has 0 bridgehead atoms. The van der Waals surface area contributed by atoms with Crippen molar-refractivity contribution in [2.45, 2.75) is 18.2 Å². The zero-order valence-corrected chi connectivity index (χ0v) is 10.9. The van der Waals surface area contributed by atoms with E-state index in [9.17, 15) is 12.8 Å². The molecule has 0 saturated heterocycles. The number of halogens is 2. The molecule has 3 nitrogen and oxygen atoms in total. The third-order valence-electron chi connectivity index (χ3n) is 2.02. The molecule has 0 saturated carbocycles. The third-order valence-corrected chi connectivity index (χ3v) is 3.75. The highest BCUT2D eigenvalue weighted by Gasteiger charge is 2.18. The maximum atomic E-state index is 13.4. The molecule has 1 rings (SSSR count). The highest BCUT2D eigenvalue weighted by Crippen LogP contribution is 2.18. The van der Waals surface area contributed by atoms with E-state index in [2.05, 4.69) is 4.72 Å². The smallest absolute Gasteiger partial charge is 0.211 e. The first kappa shape index (κ1) is 14.2. The predicted molar refractivity (Wildman–Crippen MR) is 66.0 cm³/mol. The monoisotopic (exact) mass is 277 g/mol. The lowest BCUT2D eigenvalue weighted by Gasteiger charge is -2.06. The number of hydrogen-bond donors (Lipinski definition) is 1. The van der Waals surface area contributed by atoms with E-state index in [0.717, 1.165) is 12.1 Å². The van der Waals surface area contributed by atoms with E-state index < -0.39 is 15.8 Å². The van der Waals surface area contributed by atoms with Crippen molar-refractivity contribution in [3.8, 4) is 0 Å². The summed E-state index contributed by atoms with van der Waals surface area (Å²) in [6.07, 6.45) is 4.20. The Morgan fingerprint density at radius 3 is 2.76 bits per heavy atom. The summed E-state index contributed by atoms with van der Waals surface area (Å²) in [6, 6.07) is 3.46. The molecule has 1 aromatic carbocycles. The number of sulfonamides is 1. The van der Waals surface area contributed by atoms with Gasteiger partial charge in [0.1, 0.15) is 10.7 Å². The van der Waals surface area contributed by atoms with Gasteiger partial charge < -0.3 is 0 Å². The van der Waals surface area contributed by atoms with E-state index >= 15 is 0 Å². The summed E-state index contributed by atoms with van der Waals surface area (Å²) in [6.45, 7) is 2.07. The maximum Gasteiger partial charge on any atom is 0.243 e. The average Bonchev–Trinajstić information content (AvgIpc) is 2.24. The molecule has 6 heteroatoms. The Bertz CT molecular complexity index is 514. The second-order valence-electron chi connectivity index (χ2n) is 3.33. The van der Waals surface area contributed by atoms with Crippen LogP contribution in [0.4, 0.5) is 4.39 Å². The first-order valence-electron chi connectivity index (χ1n) is 5.03. The fourth-order valence-electron chi connectivity index (χ4n) is 1.21. The molecule has 0 aliphatic rings. The summed E-state index contributed by atoms with van der Waals surface area (Å²) < 4.78 is 39.1. The minimum atomic E-state index is -3.81. The van der Waals surface area contributed by atoms with Crippen LogP contribution in [-0.2, 0) is 10.0 Å². The van der Waals surface area contributed by atoms with Gasteiger partial charge in [0.15, 0.2) is 0 Å². The Hall–Kier alpha value is -0.910. The van der Waals surface area contributed by atoms with Crippen LogP contribution < -0.4 is 4.72 Å². The first-order valence-corrected chi connectivity index (χ1v) is 6.89. The van der Waals surface area contributed by atoms with Crippen molar-refractivity contribution in [2.75, 3.05) is 6.54 Å². The second kappa shape index (κ2) is 6.14. The van der Waals surface area contributed by atoms with Crippen molar-refractivity contribution >= 4 is 21.6 Å². The molecule has 0 aromatic heterocycles. The standard InChI is InChI=1S/C11H13ClFNO2S/c1-2-3-4-7-14-17(15,16)11-6-5-9(12)8-10(11)13/h2-3,5-6,8,14H,4,7H2,1H3/b3-2+. The zero-order chi connectivity index (χ0) is 12.9. The minimum absolute atomic E-state index is 0.162. The van der Waals surface area contributed by atoms with Crippen molar-refractivity contribution < 1.29 is 12.8 Å². The van der Waals surface area contributed by atoms with Crippen LogP contribution in [0.15, 0.2) is 35.2 Å². The molecule has 0 fully saturated rings. The molecular weight excluding hydrogens is 265 g/mol. The molecule has 0 aliphatic carbocycles. The quantitative estimate of drug-likeness (QED) is 0.664. The normalized spacial score (nSPS) is 12.2. The van der Waals surface area contributed by atoms with Gasteiger partial charge in [0.05, 0.1) is 0 Å². The molecule has 94 valence electrons. The molecule has 0 unspecified atom stereocenters. The predicted octanol–water partition coefficient (Wildman–Crippen LogP) is 2.72. The maximum absolute atomic E-state index is 13.4. The van der Waals surface area contributed by atoms with E-state index in [1.165, 1.54) is 6.07 Å². The lowest BCUT2D eigenvalue weighted by atomic mass is 10.3. The van der Waals surface area contributed by atoms with Crippen LogP contribution in [0.3, 0.4) is 0 Å². The van der Waals surface area contributed by atoms with Crippen LogP contribution >= 0.6 is 11.6 Å². The van der Waals surface area contributed by atoms with Crippen molar-refractivity contribution in [3.05, 3.63) is 41.2 Å². The molecule has 1 N–H and O–H groups in total. The summed E-state index contributed by atoms with van der Waals surface area (Å²) in [5.41, 5.74) is 0. The molecule has 0 amide bonds. The van der Waals surface area contributed by atoms with Gasteiger partial charge in [-0.25, -0.2) is 17.5 Å². The van der Waals surface area contributed by atoms with Gasteiger partial charge in [0.2, 0.25) is 10.0 Å². The summed E-state index contributed by atoms with van der Waals surface area (Å²) in [7, 11) is -3.81. The van der Waals surface area contributed by atoms with Crippen LogP contribution in [0.5, 0.6) is 0 Å². The summed E-state index contributed by atoms with van der Waals surface area (Å²) in [5, 5.41) is 0.162. The molecule has 0 atom stereocenters. The van der Waals surface area contributed by atoms with Gasteiger partial charge in [-0.15, -0.1) is 0 Å². The first-order chi connectivity index (χ1) is 7.97. The SMILES string of the molecule is C/C=C/CCNS(=O)(=O)c1ccc(Cl)cc1F. The summed E-state index contributed by atoms with van der Waals surface area (Å²) in [5.74, 6) is -0.851. The van der Waals surface area contributed by atoms with Crippen molar-refractivity contribution in [2.24, 2.45) is 0 Å². The van der Waals surface area contributed by atoms with Crippen molar-refractivity contribution in [3.63, 3.8) is 0 Å². The highest BCUT2D eigenvalue weighted by molar-refractivity contribution is 7.89. The molecule has 1 aromatic rings. The van der Waals surface area contributed by atoms with Crippen LogP contribution in [0.25, 0.3) is 0 Å². The summed E-state index contributed by atoms with van der Waals surface area (Å²) in [4.78, 5) is -0.387. The molecular formula is C11H13ClFNO2S. The van der Waals surface area contributed by atoms with Crippen molar-refractivity contribution in [1.82, 2.24) is 4.72 Å². The molecule has 0 aliphatic heterocycles. The van der Waals surface area contributed by atoms with Gasteiger partial charge in [-0.3, -0.25) is 0 Å². The largest absolute Gasteiger partial charge is 0.243 e. The number of hydrogen-bond acceptors (Lipinski definition) is 2. The van der Waals surface area contributed by atoms with E-state index in [-0.39, 0.29) is 16.5 Å². The lowest BCUT2D eigenvalue weighted by Crippen LogP contribution is -2.25. The van der Waals surface area contributed by atoms with Crippen LogP contribution in [0.2, 0.25) is 5.02 Å². The van der Waals surface area contributed by atoms with Gasteiger partial charge in [-0.05, 0) is 31.5 Å². The van der Waals surface area contributed by atoms with Crippen LogP contribution in [-0.4, -0.2) is 15.0 Å². The zero-order valence-electron chi connectivity index (χ0n) is 9.28. The molecule has 17 heavy (non-hydrogen) atoms. The Balaban J connectivity index is 2.82. The molecule has 0 spiro atoms. The highest BCUT2D eigenvalue weighted by atomic mass is 35.5. The average molecular weight is 278 g/mol. The van der Waals surface area contributed by atoms with Crippen LogP contribution in [0.1, 0.15) is 13.3 Å². The fourth-order valence-corrected chi connectivity index (χ4v) is 2.48. The van der Waals surface area contributed by atoms with Gasteiger partial charge in [-0.2, -0.15) is 0 Å². The minimum Gasteiger partial charge on any atom is -0.211 e. The van der Waals surface area contributed by atoms with Gasteiger partial charge >= 0.3 is 0 Å². The number of benzene rings is 1. The third kappa shape index (κ3) is 4.11. The van der Waals surface area contributed by atoms with E-state index in [1.54, 1.807) is 0 Å². The van der Waals surface area contributed by atoms with Crippen LogP contribution in [0, 0.1) is 5.82 Å². The Morgan fingerprint density at radius 2 is 2.18 bits per heavy atom. The number of allylic oxidation sites excluding steroid dienone is 1. The van der Waals surface area contributed by atoms with E-state index in [1.807, 2.05) is 19.1 Å². The Kier molecular flexibility index (Phi) is 5.11. The van der Waals surface area contributed by atoms with E-state index in [4.69, 9.17) is 11.6 Å². The van der Waals surface area contributed by atoms with Gasteiger partial charge in [0, 0.05) is 11.6 Å². The number of nitrogens with one attached hydrogen (secondary N) is 1. The summed E-state index contributed by atoms with van der Waals surface area (Å²) >= 11 is 5.55. The van der Waals surface area contributed by atoms with E-state index in [0.29, 0.717) is 6.42 Å². The van der Waals surface area contributed by atoms with Gasteiger partial charge in [0.25, 0.3) is 0 Å². The Morgan fingerprint density at radius 1 is 1.47 bits per heavy atom. The Labute approximate surface area is 105 Å².